The van der Waals surface area contributed by atoms with Crippen molar-refractivity contribution in [3.05, 3.63) is 23.8 Å². The van der Waals surface area contributed by atoms with Gasteiger partial charge in [0.15, 0.2) is 17.1 Å². The Morgan fingerprint density at radius 3 is 2.75 bits per heavy atom. The first kappa shape index (κ1) is 17.6. The first-order valence-electron chi connectivity index (χ1n) is 13.5. The molecular weight excluding hydrogens is 415 g/mol. The van der Waals surface area contributed by atoms with E-state index in [0.717, 1.165) is 0 Å². The number of ether oxygens (including phenoxy) is 1. The Bertz CT molecular complexity index is 1100. The number of rotatable bonds is 4. The zero-order valence-corrected chi connectivity index (χ0v) is 18.5. The highest BCUT2D eigenvalue weighted by molar-refractivity contribution is 6.01. The van der Waals surface area contributed by atoms with Crippen molar-refractivity contribution in [3.8, 4) is 0 Å². The van der Waals surface area contributed by atoms with Gasteiger partial charge in [-0.05, 0) is 50.7 Å². The Morgan fingerprint density at radius 2 is 2.09 bits per heavy atom. The lowest BCUT2D eigenvalue weighted by Crippen LogP contribution is -2.70. The van der Waals surface area contributed by atoms with Crippen LogP contribution in [-0.2, 0) is 19.1 Å². The first-order chi connectivity index (χ1) is 16.8. The molecule has 0 aromatic carbocycles. The summed E-state index contributed by atoms with van der Waals surface area (Å²) in [6, 6.07) is 0. The Morgan fingerprint density at radius 1 is 1.38 bits per heavy atom. The van der Waals surface area contributed by atoms with Gasteiger partial charge < -0.3 is 14.9 Å². The number of alkyl halides is 1. The van der Waals surface area contributed by atoms with Crippen molar-refractivity contribution in [2.75, 3.05) is 6.61 Å². The molecule has 0 bridgehead atoms. The van der Waals surface area contributed by atoms with E-state index in [1.165, 1.54) is 18.2 Å². The molecule has 0 radical (unpaired) electrons. The van der Waals surface area contributed by atoms with Gasteiger partial charge in [0, 0.05) is 35.9 Å². The predicted molar refractivity (Wildman–Crippen MR) is 114 cm³/mol. The number of Topliss-reactive ketones (excluding diaryl/α,β-unsaturated/α-hetero) is 1. The molecule has 0 heterocycles. The molecule has 0 saturated heterocycles. The quantitative estimate of drug-likeness (QED) is 0.635. The summed E-state index contributed by atoms with van der Waals surface area (Å²) in [4.78, 5) is 38.3. The van der Waals surface area contributed by atoms with Crippen LogP contribution in [0, 0.1) is 28.6 Å². The maximum Gasteiger partial charge on any atom is 0.306 e. The molecule has 0 amide bonds. The summed E-state index contributed by atoms with van der Waals surface area (Å²) in [5.41, 5.74) is -6.54. The van der Waals surface area contributed by atoms with Gasteiger partial charge in [-0.3, -0.25) is 14.4 Å². The van der Waals surface area contributed by atoms with E-state index in [1.807, 2.05) is 0 Å². The maximum atomic E-state index is 17.3. The molecule has 32 heavy (non-hydrogen) atoms. The number of fused-ring (bicyclic) bond motifs is 5. The van der Waals surface area contributed by atoms with Crippen LogP contribution in [0.4, 0.5) is 4.39 Å². The highest BCUT2D eigenvalue weighted by Crippen LogP contribution is 2.71. The Labute approximate surface area is 194 Å². The van der Waals surface area contributed by atoms with Crippen molar-refractivity contribution in [3.63, 3.8) is 0 Å². The number of esters is 1. The van der Waals surface area contributed by atoms with Crippen LogP contribution in [0.1, 0.15) is 66.5 Å². The standard InChI is InChI=1S/C25H33FO6/c1-5-21(31)32-25(20(30)13-27)14(2)10-18-17-7-6-15-11-16(28)8-9-22(15,3)24(17,26)19(29)12-23(18,25)4/h8-9,11,14,17-19,27,29H,5-7,10,12-13H2,1-4H3/t14-,17+,18+,19+,22+,23+,24+,25+/m1/s1/i1D3,5D2. The highest BCUT2D eigenvalue weighted by atomic mass is 19.1. The van der Waals surface area contributed by atoms with Crippen LogP contribution in [0.15, 0.2) is 23.8 Å². The van der Waals surface area contributed by atoms with Crippen LogP contribution in [0.3, 0.4) is 0 Å². The Kier molecular flexibility index (Phi) is 4.03. The van der Waals surface area contributed by atoms with Crippen molar-refractivity contribution < 1.29 is 40.6 Å². The number of hydrogen-bond acceptors (Lipinski definition) is 6. The summed E-state index contributed by atoms with van der Waals surface area (Å²) in [6.07, 6.45) is -0.537. The summed E-state index contributed by atoms with van der Waals surface area (Å²) < 4.78 is 60.9. The molecular formula is C25H33FO6. The zero-order chi connectivity index (χ0) is 28.0. The number of carbonyl (C=O) groups excluding carboxylic acids is 3. The fraction of sp³-hybridized carbons (Fsp3) is 0.720. The maximum absolute atomic E-state index is 17.3. The molecule has 8 atom stereocenters. The van der Waals surface area contributed by atoms with Gasteiger partial charge in [-0.1, -0.05) is 32.3 Å². The van der Waals surface area contributed by atoms with Crippen LogP contribution < -0.4 is 0 Å². The molecule has 0 unspecified atom stereocenters. The number of aliphatic hydroxyl groups is 2. The second-order valence-corrected chi connectivity index (χ2v) is 10.2. The van der Waals surface area contributed by atoms with Crippen molar-refractivity contribution in [2.24, 2.45) is 28.6 Å². The molecule has 0 spiro atoms. The molecule has 3 saturated carbocycles. The zero-order valence-electron chi connectivity index (χ0n) is 23.5. The molecule has 4 aliphatic rings. The predicted octanol–water partition coefficient (Wildman–Crippen LogP) is 2.86. The summed E-state index contributed by atoms with van der Waals surface area (Å²) in [7, 11) is 0. The van der Waals surface area contributed by atoms with E-state index in [1.54, 1.807) is 20.8 Å². The second kappa shape index (κ2) is 7.32. The first-order valence-corrected chi connectivity index (χ1v) is 11.0. The van der Waals surface area contributed by atoms with Gasteiger partial charge in [0.25, 0.3) is 0 Å². The van der Waals surface area contributed by atoms with Gasteiger partial charge in [0.2, 0.25) is 5.78 Å². The van der Waals surface area contributed by atoms with Gasteiger partial charge in [0.1, 0.15) is 6.61 Å². The fourth-order valence-electron chi connectivity index (χ4n) is 7.69. The van der Waals surface area contributed by atoms with E-state index in [9.17, 15) is 24.6 Å². The van der Waals surface area contributed by atoms with Crippen molar-refractivity contribution in [2.45, 2.75) is 77.1 Å². The number of aliphatic hydroxyl groups excluding tert-OH is 2. The SMILES string of the molecule is [2H]C([2H])([2H])C([2H])([2H])C(=O)O[C@]1(C(=O)CO)[C@H](C)C[C@H]2[C@@H]3CCC4=CC(=O)C=C[C@]4(C)[C@@]3(F)[C@@H](O)C[C@@]21C. The molecule has 4 aliphatic carbocycles. The van der Waals surface area contributed by atoms with E-state index in [4.69, 9.17) is 11.6 Å². The summed E-state index contributed by atoms with van der Waals surface area (Å²) >= 11 is 0. The van der Waals surface area contributed by atoms with E-state index < -0.39 is 77.5 Å². The second-order valence-electron chi connectivity index (χ2n) is 10.2. The highest BCUT2D eigenvalue weighted by Gasteiger charge is 2.77. The van der Waals surface area contributed by atoms with Crippen LogP contribution >= 0.6 is 0 Å². The molecule has 7 heteroatoms. The molecule has 6 nitrogen and oxygen atoms in total. The molecule has 0 aliphatic heterocycles. The lowest BCUT2D eigenvalue weighted by atomic mass is 9.44. The normalized spacial score (nSPS) is 50.4. The van der Waals surface area contributed by atoms with Crippen molar-refractivity contribution in [1.29, 1.82) is 0 Å². The summed E-state index contributed by atoms with van der Waals surface area (Å²) in [6.45, 7) is 0.296. The van der Waals surface area contributed by atoms with E-state index in [-0.39, 0.29) is 25.0 Å². The minimum absolute atomic E-state index is 0.160. The third-order valence-corrected chi connectivity index (χ3v) is 9.09. The molecule has 0 aromatic heterocycles. The number of halogens is 1. The average molecular weight is 454 g/mol. The average Bonchev–Trinajstić information content (AvgIpc) is 3.01. The third kappa shape index (κ3) is 2.61. The number of hydrogen-bond donors (Lipinski definition) is 2. The van der Waals surface area contributed by atoms with Gasteiger partial charge in [-0.25, -0.2) is 4.39 Å². The Balaban J connectivity index is 1.84. The van der Waals surface area contributed by atoms with Crippen LogP contribution in [0.5, 0.6) is 0 Å². The lowest BCUT2D eigenvalue weighted by molar-refractivity contribution is -0.228. The topological polar surface area (TPSA) is 101 Å². The van der Waals surface area contributed by atoms with Gasteiger partial charge >= 0.3 is 5.97 Å². The van der Waals surface area contributed by atoms with Crippen molar-refractivity contribution in [1.82, 2.24) is 0 Å². The van der Waals surface area contributed by atoms with E-state index in [2.05, 4.69) is 0 Å². The molecule has 3 fully saturated rings. The molecule has 4 rings (SSSR count). The van der Waals surface area contributed by atoms with Crippen LogP contribution in [-0.4, -0.2) is 51.7 Å². The fourth-order valence-corrected chi connectivity index (χ4v) is 7.69. The van der Waals surface area contributed by atoms with Gasteiger partial charge in [-0.15, -0.1) is 0 Å². The number of ketones is 2. The Hall–Kier alpha value is -1.86. The summed E-state index contributed by atoms with van der Waals surface area (Å²) in [5, 5.41) is 21.3. The van der Waals surface area contributed by atoms with Gasteiger partial charge in [-0.2, -0.15) is 0 Å². The minimum atomic E-state index is -3.45. The van der Waals surface area contributed by atoms with Crippen LogP contribution in [0.2, 0.25) is 0 Å². The van der Waals surface area contributed by atoms with E-state index in [0.29, 0.717) is 12.0 Å². The molecule has 2 N–H and O–H groups in total. The van der Waals surface area contributed by atoms with Crippen LogP contribution in [0.25, 0.3) is 0 Å². The third-order valence-electron chi connectivity index (χ3n) is 9.09. The smallest absolute Gasteiger partial charge is 0.306 e. The van der Waals surface area contributed by atoms with E-state index >= 15 is 4.39 Å². The van der Waals surface area contributed by atoms with Crippen molar-refractivity contribution >= 4 is 17.5 Å². The number of allylic oxidation sites excluding steroid dienone is 4. The van der Waals surface area contributed by atoms with Gasteiger partial charge in [0.05, 0.1) is 6.10 Å². The monoisotopic (exact) mass is 453 g/mol. The minimum Gasteiger partial charge on any atom is -0.450 e. The lowest BCUT2D eigenvalue weighted by Gasteiger charge is -2.62. The molecule has 0 aromatic rings. The number of carbonyl (C=O) groups is 3. The molecule has 176 valence electrons. The summed E-state index contributed by atoms with van der Waals surface area (Å²) in [5.74, 6) is -5.28. The largest absolute Gasteiger partial charge is 0.450 e.